The van der Waals surface area contributed by atoms with Gasteiger partial charge in [-0.05, 0) is 37.5 Å². The molecule has 21 heavy (non-hydrogen) atoms. The van der Waals surface area contributed by atoms with E-state index in [9.17, 15) is 8.42 Å². The maximum atomic E-state index is 12.3. The lowest BCUT2D eigenvalue weighted by Crippen LogP contribution is -2.25. The van der Waals surface area contributed by atoms with Gasteiger partial charge in [0.2, 0.25) is 10.0 Å². The van der Waals surface area contributed by atoms with E-state index in [0.29, 0.717) is 24.3 Å². The molecule has 0 amide bonds. The molecule has 5 nitrogen and oxygen atoms in total. The Bertz CT molecular complexity index is 616. The minimum absolute atomic E-state index is 0.244. The Morgan fingerprint density at radius 2 is 2.10 bits per heavy atom. The van der Waals surface area contributed by atoms with Crippen LogP contribution >= 0.6 is 0 Å². The SMILES string of the molecule is COCCCCNS(=O)(=O)c1cc(C#CCN)ccc1C. The Morgan fingerprint density at radius 1 is 1.33 bits per heavy atom. The van der Waals surface area contributed by atoms with Crippen LogP contribution in [0.25, 0.3) is 0 Å². The van der Waals surface area contributed by atoms with Crippen LogP contribution in [-0.4, -0.2) is 35.2 Å². The zero-order valence-corrected chi connectivity index (χ0v) is 13.3. The van der Waals surface area contributed by atoms with E-state index in [1.807, 2.05) is 0 Å². The van der Waals surface area contributed by atoms with Gasteiger partial charge in [-0.1, -0.05) is 17.9 Å². The summed E-state index contributed by atoms with van der Waals surface area (Å²) in [7, 11) is -1.89. The van der Waals surface area contributed by atoms with Crippen LogP contribution < -0.4 is 10.5 Å². The molecule has 0 unspecified atom stereocenters. The van der Waals surface area contributed by atoms with Gasteiger partial charge in [0.05, 0.1) is 11.4 Å². The summed E-state index contributed by atoms with van der Waals surface area (Å²) in [6.45, 7) is 3.03. The highest BCUT2D eigenvalue weighted by atomic mass is 32.2. The Kier molecular flexibility index (Phi) is 7.40. The minimum Gasteiger partial charge on any atom is -0.385 e. The highest BCUT2D eigenvalue weighted by molar-refractivity contribution is 7.89. The number of ether oxygens (including phenoxy) is 1. The topological polar surface area (TPSA) is 81.4 Å². The van der Waals surface area contributed by atoms with Gasteiger partial charge < -0.3 is 10.5 Å². The molecule has 1 aromatic carbocycles. The predicted molar refractivity (Wildman–Crippen MR) is 83.4 cm³/mol. The summed E-state index contributed by atoms with van der Waals surface area (Å²) < 4.78 is 32.1. The van der Waals surface area contributed by atoms with Crippen LogP contribution in [-0.2, 0) is 14.8 Å². The summed E-state index contributed by atoms with van der Waals surface area (Å²) >= 11 is 0. The molecule has 1 aromatic rings. The molecule has 0 fully saturated rings. The van der Waals surface area contributed by atoms with E-state index in [4.69, 9.17) is 10.5 Å². The van der Waals surface area contributed by atoms with Gasteiger partial charge in [0.15, 0.2) is 0 Å². The van der Waals surface area contributed by atoms with E-state index in [-0.39, 0.29) is 11.4 Å². The summed E-state index contributed by atoms with van der Waals surface area (Å²) in [5, 5.41) is 0. The van der Waals surface area contributed by atoms with Crippen LogP contribution in [0.1, 0.15) is 24.0 Å². The van der Waals surface area contributed by atoms with E-state index in [1.165, 1.54) is 0 Å². The third-order valence-corrected chi connectivity index (χ3v) is 4.48. The van der Waals surface area contributed by atoms with Gasteiger partial charge in [0, 0.05) is 25.8 Å². The smallest absolute Gasteiger partial charge is 0.240 e. The Labute approximate surface area is 126 Å². The first-order valence-electron chi connectivity index (χ1n) is 6.79. The van der Waals surface area contributed by atoms with Crippen molar-refractivity contribution in [3.63, 3.8) is 0 Å². The molecule has 0 aliphatic carbocycles. The summed E-state index contributed by atoms with van der Waals surface area (Å²) in [6.07, 6.45) is 1.55. The number of nitrogens with two attached hydrogens (primary N) is 1. The zero-order chi connectivity index (χ0) is 15.7. The van der Waals surface area contributed by atoms with E-state index >= 15 is 0 Å². The van der Waals surface area contributed by atoms with E-state index in [2.05, 4.69) is 16.6 Å². The third kappa shape index (κ3) is 5.86. The van der Waals surface area contributed by atoms with Crippen molar-refractivity contribution in [1.29, 1.82) is 0 Å². The second kappa shape index (κ2) is 8.80. The molecule has 0 saturated carbocycles. The Hall–Kier alpha value is -1.39. The average Bonchev–Trinajstić information content (AvgIpc) is 2.46. The molecular weight excluding hydrogens is 288 g/mol. The van der Waals surface area contributed by atoms with Crippen molar-refractivity contribution in [3.8, 4) is 11.8 Å². The van der Waals surface area contributed by atoms with Crippen molar-refractivity contribution in [3.05, 3.63) is 29.3 Å². The molecule has 0 radical (unpaired) electrons. The third-order valence-electron chi connectivity index (χ3n) is 2.88. The van der Waals surface area contributed by atoms with E-state index < -0.39 is 10.0 Å². The van der Waals surface area contributed by atoms with Crippen molar-refractivity contribution in [2.24, 2.45) is 5.73 Å². The van der Waals surface area contributed by atoms with Gasteiger partial charge in [0.25, 0.3) is 0 Å². The molecule has 0 atom stereocenters. The van der Waals surface area contributed by atoms with Crippen LogP contribution in [0.5, 0.6) is 0 Å². The fraction of sp³-hybridized carbons (Fsp3) is 0.467. The van der Waals surface area contributed by atoms with Gasteiger partial charge >= 0.3 is 0 Å². The first kappa shape index (κ1) is 17.7. The normalized spacial score (nSPS) is 11.0. The quantitative estimate of drug-likeness (QED) is 0.582. The highest BCUT2D eigenvalue weighted by Crippen LogP contribution is 2.16. The fourth-order valence-electron chi connectivity index (χ4n) is 1.78. The van der Waals surface area contributed by atoms with Crippen molar-refractivity contribution in [2.75, 3.05) is 26.8 Å². The number of benzene rings is 1. The molecule has 0 aliphatic rings. The van der Waals surface area contributed by atoms with Crippen LogP contribution in [0.3, 0.4) is 0 Å². The van der Waals surface area contributed by atoms with Crippen LogP contribution in [0.4, 0.5) is 0 Å². The van der Waals surface area contributed by atoms with Crippen molar-refractivity contribution < 1.29 is 13.2 Å². The van der Waals surface area contributed by atoms with E-state index in [1.54, 1.807) is 32.2 Å². The maximum absolute atomic E-state index is 12.3. The molecule has 0 saturated heterocycles. The standard InChI is InChI=1S/C15H22N2O3S/c1-13-7-8-14(6-5-9-16)12-15(13)21(18,19)17-10-3-4-11-20-2/h7-8,12,17H,3-4,9-11,16H2,1-2H3. The first-order chi connectivity index (χ1) is 10.0. The summed E-state index contributed by atoms with van der Waals surface area (Å²) in [6, 6.07) is 5.12. The number of sulfonamides is 1. The number of nitrogens with one attached hydrogen (secondary N) is 1. The summed E-state index contributed by atoms with van der Waals surface area (Å²) in [4.78, 5) is 0.262. The average molecular weight is 310 g/mol. The molecule has 116 valence electrons. The Morgan fingerprint density at radius 3 is 2.76 bits per heavy atom. The molecule has 0 bridgehead atoms. The summed E-state index contributed by atoms with van der Waals surface area (Å²) in [5.74, 6) is 5.56. The fourth-order valence-corrected chi connectivity index (χ4v) is 3.12. The lowest BCUT2D eigenvalue weighted by molar-refractivity contribution is 0.193. The Balaban J connectivity index is 2.82. The highest BCUT2D eigenvalue weighted by Gasteiger charge is 2.16. The number of rotatable bonds is 7. The van der Waals surface area contributed by atoms with Crippen LogP contribution in [0.15, 0.2) is 23.1 Å². The molecule has 0 spiro atoms. The number of aryl methyl sites for hydroxylation is 1. The zero-order valence-electron chi connectivity index (χ0n) is 12.5. The largest absolute Gasteiger partial charge is 0.385 e. The second-order valence-corrected chi connectivity index (χ2v) is 6.32. The molecule has 6 heteroatoms. The summed E-state index contributed by atoms with van der Waals surface area (Å²) in [5.41, 5.74) is 6.66. The van der Waals surface area contributed by atoms with Crippen molar-refractivity contribution in [2.45, 2.75) is 24.7 Å². The molecule has 1 rings (SSSR count). The molecule has 3 N–H and O–H groups in total. The number of methoxy groups -OCH3 is 1. The van der Waals surface area contributed by atoms with Gasteiger partial charge in [0.1, 0.15) is 0 Å². The van der Waals surface area contributed by atoms with Crippen molar-refractivity contribution in [1.82, 2.24) is 4.72 Å². The molecule has 0 aromatic heterocycles. The van der Waals surface area contributed by atoms with Crippen LogP contribution in [0, 0.1) is 18.8 Å². The monoisotopic (exact) mass is 310 g/mol. The number of unbranched alkanes of at least 4 members (excludes halogenated alkanes) is 1. The first-order valence-corrected chi connectivity index (χ1v) is 8.28. The predicted octanol–water partition coefficient (Wildman–Crippen LogP) is 1.01. The number of hydrogen-bond acceptors (Lipinski definition) is 4. The van der Waals surface area contributed by atoms with Crippen LogP contribution in [0.2, 0.25) is 0 Å². The second-order valence-electron chi connectivity index (χ2n) is 4.58. The number of hydrogen-bond donors (Lipinski definition) is 2. The molecule has 0 aliphatic heterocycles. The molecule has 0 heterocycles. The molecular formula is C15H22N2O3S. The van der Waals surface area contributed by atoms with Gasteiger partial charge in [-0.25, -0.2) is 13.1 Å². The van der Waals surface area contributed by atoms with Crippen molar-refractivity contribution >= 4 is 10.0 Å². The van der Waals surface area contributed by atoms with Gasteiger partial charge in [-0.15, -0.1) is 0 Å². The minimum atomic E-state index is -3.52. The van der Waals surface area contributed by atoms with Gasteiger partial charge in [-0.3, -0.25) is 0 Å². The van der Waals surface area contributed by atoms with Gasteiger partial charge in [-0.2, -0.15) is 0 Å². The maximum Gasteiger partial charge on any atom is 0.240 e. The lowest BCUT2D eigenvalue weighted by Gasteiger charge is -2.09. The lowest BCUT2D eigenvalue weighted by atomic mass is 10.1. The van der Waals surface area contributed by atoms with E-state index in [0.717, 1.165) is 12.8 Å².